The van der Waals surface area contributed by atoms with E-state index in [1.165, 1.54) is 5.56 Å². The second-order valence-electron chi connectivity index (χ2n) is 2.29. The first-order valence-corrected chi connectivity index (χ1v) is 3.70. The van der Waals surface area contributed by atoms with Crippen LogP contribution in [0.4, 0.5) is 0 Å². The van der Waals surface area contributed by atoms with Crippen LogP contribution in [-0.4, -0.2) is 10.2 Å². The van der Waals surface area contributed by atoms with Crippen molar-refractivity contribution in [3.8, 4) is 0 Å². The highest BCUT2D eigenvalue weighted by atomic mass is 79.9. The minimum Gasteiger partial charge on any atom is -0.271 e. The van der Waals surface area contributed by atoms with Crippen molar-refractivity contribution in [2.24, 2.45) is 0 Å². The summed E-state index contributed by atoms with van der Waals surface area (Å²) in [7, 11) is 0. The van der Waals surface area contributed by atoms with Crippen molar-refractivity contribution >= 4 is 15.9 Å². The molecule has 0 aromatic carbocycles. The van der Waals surface area contributed by atoms with E-state index in [4.69, 9.17) is 0 Å². The number of nitrogens with zero attached hydrogens (tertiary/aromatic N) is 1. The zero-order valence-corrected chi connectivity index (χ0v) is 7.07. The van der Waals surface area contributed by atoms with Crippen LogP contribution in [0.1, 0.15) is 25.3 Å². The summed E-state index contributed by atoms with van der Waals surface area (Å²) in [6.07, 6.45) is 1.84. The average Bonchev–Trinajstić information content (AvgIpc) is 2.13. The van der Waals surface area contributed by atoms with Crippen molar-refractivity contribution in [3.05, 3.63) is 16.4 Å². The van der Waals surface area contributed by atoms with E-state index in [1.54, 1.807) is 0 Å². The van der Waals surface area contributed by atoms with Crippen molar-refractivity contribution < 1.29 is 0 Å². The van der Waals surface area contributed by atoms with Crippen molar-refractivity contribution in [2.45, 2.75) is 19.8 Å². The SMILES string of the molecule is CC(C)c1cn[nH]c1Br. The predicted octanol–water partition coefficient (Wildman–Crippen LogP) is 2.30. The molecule has 0 aliphatic rings. The maximum atomic E-state index is 3.87. The number of hydrogen-bond donors (Lipinski definition) is 1. The van der Waals surface area contributed by atoms with Gasteiger partial charge < -0.3 is 0 Å². The zero-order chi connectivity index (χ0) is 6.85. The Labute approximate surface area is 62.8 Å². The van der Waals surface area contributed by atoms with Gasteiger partial charge >= 0.3 is 0 Å². The normalized spacial score (nSPS) is 10.7. The molecular weight excluding hydrogens is 180 g/mol. The predicted molar refractivity (Wildman–Crippen MR) is 40.4 cm³/mol. The lowest BCUT2D eigenvalue weighted by Crippen LogP contribution is -1.83. The molecule has 0 bridgehead atoms. The monoisotopic (exact) mass is 188 g/mol. The summed E-state index contributed by atoms with van der Waals surface area (Å²) in [5.74, 6) is 0.540. The number of aromatic amines is 1. The molecule has 1 aromatic heterocycles. The smallest absolute Gasteiger partial charge is 0.104 e. The Morgan fingerprint density at radius 1 is 1.67 bits per heavy atom. The van der Waals surface area contributed by atoms with Gasteiger partial charge in [-0.1, -0.05) is 13.8 Å². The van der Waals surface area contributed by atoms with Crippen LogP contribution < -0.4 is 0 Å². The van der Waals surface area contributed by atoms with Crippen LogP contribution in [0.3, 0.4) is 0 Å². The highest BCUT2D eigenvalue weighted by Gasteiger charge is 2.04. The molecular formula is C6H9BrN2. The Hall–Kier alpha value is -0.310. The van der Waals surface area contributed by atoms with Gasteiger partial charge in [0.05, 0.1) is 6.20 Å². The first-order chi connectivity index (χ1) is 4.22. The molecule has 0 atom stereocenters. The van der Waals surface area contributed by atoms with Crippen LogP contribution in [0.25, 0.3) is 0 Å². The Balaban J connectivity index is 2.94. The van der Waals surface area contributed by atoms with Crippen molar-refractivity contribution in [2.75, 3.05) is 0 Å². The van der Waals surface area contributed by atoms with E-state index in [-0.39, 0.29) is 0 Å². The van der Waals surface area contributed by atoms with Crippen LogP contribution in [-0.2, 0) is 0 Å². The molecule has 0 aliphatic heterocycles. The van der Waals surface area contributed by atoms with Gasteiger partial charge in [0, 0.05) is 5.56 Å². The van der Waals surface area contributed by atoms with Crippen LogP contribution in [0.5, 0.6) is 0 Å². The van der Waals surface area contributed by atoms with E-state index < -0.39 is 0 Å². The number of aromatic nitrogens is 2. The van der Waals surface area contributed by atoms with Crippen molar-refractivity contribution in [1.29, 1.82) is 0 Å². The molecule has 50 valence electrons. The van der Waals surface area contributed by atoms with Gasteiger partial charge in [-0.05, 0) is 21.8 Å². The van der Waals surface area contributed by atoms with E-state index in [0.29, 0.717) is 5.92 Å². The molecule has 0 radical (unpaired) electrons. The standard InChI is InChI=1S/C6H9BrN2/c1-4(2)5-3-8-9-6(5)7/h3-4H,1-2H3,(H,8,9). The maximum Gasteiger partial charge on any atom is 0.104 e. The molecule has 0 amide bonds. The minimum absolute atomic E-state index is 0.540. The summed E-state index contributed by atoms with van der Waals surface area (Å²) >= 11 is 3.35. The van der Waals surface area contributed by atoms with Crippen LogP contribution in [0, 0.1) is 0 Å². The van der Waals surface area contributed by atoms with Crippen LogP contribution in [0.2, 0.25) is 0 Å². The molecule has 0 spiro atoms. The maximum absolute atomic E-state index is 3.87. The van der Waals surface area contributed by atoms with Gasteiger partial charge in [0.15, 0.2) is 0 Å². The van der Waals surface area contributed by atoms with E-state index in [1.807, 2.05) is 6.20 Å². The third-order valence-corrected chi connectivity index (χ3v) is 1.88. The third-order valence-electron chi connectivity index (χ3n) is 1.24. The zero-order valence-electron chi connectivity index (χ0n) is 5.48. The molecule has 0 unspecified atom stereocenters. The van der Waals surface area contributed by atoms with Gasteiger partial charge in [-0.2, -0.15) is 5.10 Å². The van der Waals surface area contributed by atoms with Crippen molar-refractivity contribution in [3.63, 3.8) is 0 Å². The molecule has 1 aromatic rings. The van der Waals surface area contributed by atoms with Gasteiger partial charge in [0.25, 0.3) is 0 Å². The second kappa shape index (κ2) is 2.52. The summed E-state index contributed by atoms with van der Waals surface area (Å²) in [6.45, 7) is 4.27. The summed E-state index contributed by atoms with van der Waals surface area (Å²) in [6, 6.07) is 0. The van der Waals surface area contributed by atoms with Gasteiger partial charge in [-0.15, -0.1) is 0 Å². The summed E-state index contributed by atoms with van der Waals surface area (Å²) in [4.78, 5) is 0. The topological polar surface area (TPSA) is 28.7 Å². The van der Waals surface area contributed by atoms with E-state index in [2.05, 4.69) is 40.0 Å². The van der Waals surface area contributed by atoms with Crippen molar-refractivity contribution in [1.82, 2.24) is 10.2 Å². The van der Waals surface area contributed by atoms with E-state index in [0.717, 1.165) is 4.60 Å². The largest absolute Gasteiger partial charge is 0.271 e. The number of nitrogens with one attached hydrogen (secondary N) is 1. The fraction of sp³-hybridized carbons (Fsp3) is 0.500. The molecule has 3 heteroatoms. The number of hydrogen-bond acceptors (Lipinski definition) is 1. The molecule has 1 heterocycles. The molecule has 2 nitrogen and oxygen atoms in total. The van der Waals surface area contributed by atoms with E-state index >= 15 is 0 Å². The number of H-pyrrole nitrogens is 1. The fourth-order valence-corrected chi connectivity index (χ4v) is 1.34. The highest BCUT2D eigenvalue weighted by Crippen LogP contribution is 2.20. The molecule has 0 fully saturated rings. The summed E-state index contributed by atoms with van der Waals surface area (Å²) in [5, 5.41) is 6.69. The lowest BCUT2D eigenvalue weighted by Gasteiger charge is -1.98. The summed E-state index contributed by atoms with van der Waals surface area (Å²) < 4.78 is 0.998. The lowest BCUT2D eigenvalue weighted by atomic mass is 10.1. The second-order valence-corrected chi connectivity index (χ2v) is 3.09. The fourth-order valence-electron chi connectivity index (χ4n) is 0.682. The van der Waals surface area contributed by atoms with Gasteiger partial charge in [-0.3, -0.25) is 5.10 Å². The number of rotatable bonds is 1. The highest BCUT2D eigenvalue weighted by molar-refractivity contribution is 9.10. The van der Waals surface area contributed by atoms with Crippen LogP contribution >= 0.6 is 15.9 Å². The Bertz CT molecular complexity index is 193. The quantitative estimate of drug-likeness (QED) is 0.721. The molecule has 0 saturated heterocycles. The third kappa shape index (κ3) is 1.33. The van der Waals surface area contributed by atoms with Gasteiger partial charge in [0.1, 0.15) is 4.60 Å². The van der Waals surface area contributed by atoms with Gasteiger partial charge in [0.2, 0.25) is 0 Å². The van der Waals surface area contributed by atoms with Crippen LogP contribution in [0.15, 0.2) is 10.8 Å². The molecule has 1 rings (SSSR count). The Kier molecular flexibility index (Phi) is 1.90. The average molecular weight is 189 g/mol. The molecule has 0 saturated carbocycles. The van der Waals surface area contributed by atoms with Gasteiger partial charge in [-0.25, -0.2) is 0 Å². The minimum atomic E-state index is 0.540. The summed E-state index contributed by atoms with van der Waals surface area (Å²) in [5.41, 5.74) is 1.23. The van der Waals surface area contributed by atoms with E-state index in [9.17, 15) is 0 Å². The first-order valence-electron chi connectivity index (χ1n) is 2.90. The molecule has 0 aliphatic carbocycles. The molecule has 1 N–H and O–H groups in total. The lowest BCUT2D eigenvalue weighted by molar-refractivity contribution is 0.862. The molecule has 9 heavy (non-hydrogen) atoms. The Morgan fingerprint density at radius 2 is 2.33 bits per heavy atom. The Morgan fingerprint density at radius 3 is 2.56 bits per heavy atom. The number of halogens is 1. The first kappa shape index (κ1) is 6.81.